The van der Waals surface area contributed by atoms with Gasteiger partial charge in [-0.25, -0.2) is 0 Å². The van der Waals surface area contributed by atoms with Gasteiger partial charge in [-0.2, -0.15) is 0 Å². The predicted octanol–water partition coefficient (Wildman–Crippen LogP) is 6.05. The zero-order valence-corrected chi connectivity index (χ0v) is 23.4. The number of carbonyl (C=O) groups is 1. The maximum atomic E-state index is 12.1. The van der Waals surface area contributed by atoms with Crippen LogP contribution in [0, 0.1) is 0 Å². The van der Waals surface area contributed by atoms with Crippen LogP contribution in [0.15, 0.2) is 72.9 Å². The molecule has 5 atom stereocenters. The molecule has 1 saturated heterocycles. The summed E-state index contributed by atoms with van der Waals surface area (Å²) in [6.45, 7) is 4.21. The van der Waals surface area contributed by atoms with E-state index in [-0.39, 0.29) is 12.4 Å². The molecule has 0 aromatic heterocycles. The lowest BCUT2D eigenvalue weighted by molar-refractivity contribution is -0.297. The van der Waals surface area contributed by atoms with Crippen molar-refractivity contribution in [3.8, 4) is 0 Å². The Morgan fingerprint density at radius 2 is 1.18 bits per heavy atom. The highest BCUT2D eigenvalue weighted by molar-refractivity contribution is 5.78. The number of ketones is 1. The Morgan fingerprint density at radius 1 is 0.684 bits per heavy atom. The topological polar surface area (TPSA) is 96.2 Å². The number of hydrogen-bond acceptors (Lipinski definition) is 6. The van der Waals surface area contributed by atoms with Crippen molar-refractivity contribution in [2.45, 2.75) is 115 Å². The lowest BCUT2D eigenvalue weighted by Gasteiger charge is -2.40. The fourth-order valence-corrected chi connectivity index (χ4v) is 3.87. The smallest absolute Gasteiger partial charge is 0.186 e. The molecule has 0 aliphatic carbocycles. The van der Waals surface area contributed by atoms with E-state index in [1.807, 2.05) is 13.0 Å². The highest BCUT2D eigenvalue weighted by Gasteiger charge is 2.43. The molecule has 3 N–H and O–H groups in total. The first-order chi connectivity index (χ1) is 18.5. The molecule has 1 aliphatic rings. The standard InChI is InChI=1S/C32H50O6/c1-3-5-6-7-8-9-10-11-12-13-14-15-16-17-18-19-20-21-22-24-27(33)25-23-26-37-32-31(36)30(35)29(34)28(4-2)38-32/h5-6,8-9,11-12,14-15,17-18,20-21,28-32,34-36H,3-4,7,10,13,16,19,22-26H2,1-2H3/b6-5-,9-8-,12-11-,15-14-,18-17-,21-20-/t28-,29-,30+,31-,32-/m1/s1. The summed E-state index contributed by atoms with van der Waals surface area (Å²) in [5, 5.41) is 29.8. The quantitative estimate of drug-likeness (QED) is 0.131. The Kier molecular flexibility index (Phi) is 20.4. The lowest BCUT2D eigenvalue weighted by Crippen LogP contribution is -2.58. The summed E-state index contributed by atoms with van der Waals surface area (Å²) in [5.41, 5.74) is 0. The zero-order valence-electron chi connectivity index (χ0n) is 23.4. The van der Waals surface area contributed by atoms with Gasteiger partial charge in [-0.1, -0.05) is 86.8 Å². The summed E-state index contributed by atoms with van der Waals surface area (Å²) in [6.07, 6.45) is 29.1. The number of allylic oxidation sites excluding steroid dienone is 12. The molecule has 0 aromatic carbocycles. The molecule has 1 fully saturated rings. The van der Waals surface area contributed by atoms with Crippen molar-refractivity contribution in [1.82, 2.24) is 0 Å². The Morgan fingerprint density at radius 3 is 1.68 bits per heavy atom. The largest absolute Gasteiger partial charge is 0.388 e. The van der Waals surface area contributed by atoms with Crippen LogP contribution >= 0.6 is 0 Å². The summed E-state index contributed by atoms with van der Waals surface area (Å²) < 4.78 is 11.0. The van der Waals surface area contributed by atoms with Gasteiger partial charge in [-0.15, -0.1) is 0 Å². The van der Waals surface area contributed by atoms with E-state index in [1.165, 1.54) is 0 Å². The van der Waals surface area contributed by atoms with Crippen LogP contribution in [-0.4, -0.2) is 58.4 Å². The van der Waals surface area contributed by atoms with E-state index < -0.39 is 30.7 Å². The van der Waals surface area contributed by atoms with Gasteiger partial charge in [-0.05, 0) is 57.8 Å². The monoisotopic (exact) mass is 530 g/mol. The van der Waals surface area contributed by atoms with Crippen LogP contribution in [0.1, 0.15) is 84.5 Å². The van der Waals surface area contributed by atoms with Gasteiger partial charge in [-0.3, -0.25) is 4.79 Å². The van der Waals surface area contributed by atoms with Crippen molar-refractivity contribution in [3.63, 3.8) is 0 Å². The third-order valence-electron chi connectivity index (χ3n) is 6.14. The molecular formula is C32H50O6. The van der Waals surface area contributed by atoms with Crippen LogP contribution in [0.5, 0.6) is 0 Å². The number of aliphatic hydroxyl groups excluding tert-OH is 3. The van der Waals surface area contributed by atoms with Crippen LogP contribution in [0.4, 0.5) is 0 Å². The maximum absolute atomic E-state index is 12.1. The average molecular weight is 531 g/mol. The molecule has 0 spiro atoms. The minimum Gasteiger partial charge on any atom is -0.388 e. The number of carbonyl (C=O) groups excluding carboxylic acids is 1. The van der Waals surface area contributed by atoms with Gasteiger partial charge >= 0.3 is 0 Å². The molecule has 0 bridgehead atoms. The van der Waals surface area contributed by atoms with Gasteiger partial charge in [0.2, 0.25) is 0 Å². The number of rotatable bonds is 20. The molecule has 0 saturated carbocycles. The molecule has 0 unspecified atom stereocenters. The first kappa shape index (κ1) is 33.9. The average Bonchev–Trinajstić information content (AvgIpc) is 2.92. The molecule has 214 valence electrons. The lowest BCUT2D eigenvalue weighted by atomic mass is 9.97. The molecule has 6 heteroatoms. The van der Waals surface area contributed by atoms with E-state index in [1.54, 1.807) is 0 Å². The van der Waals surface area contributed by atoms with E-state index in [2.05, 4.69) is 73.8 Å². The number of Topliss-reactive ketones (excluding diaryl/α,β-unsaturated/α-hetero) is 1. The molecule has 38 heavy (non-hydrogen) atoms. The van der Waals surface area contributed by atoms with E-state index in [0.29, 0.717) is 25.7 Å². The Labute approximate surface area is 230 Å². The number of hydrogen-bond donors (Lipinski definition) is 3. The molecule has 1 heterocycles. The number of aliphatic hydroxyl groups is 3. The van der Waals surface area contributed by atoms with Crippen molar-refractivity contribution in [2.75, 3.05) is 6.61 Å². The van der Waals surface area contributed by atoms with Crippen LogP contribution in [-0.2, 0) is 14.3 Å². The summed E-state index contributed by atoms with van der Waals surface area (Å²) in [6, 6.07) is 0. The molecule has 1 rings (SSSR count). The second-order valence-electron chi connectivity index (χ2n) is 9.39. The third-order valence-corrected chi connectivity index (χ3v) is 6.14. The van der Waals surface area contributed by atoms with Crippen molar-refractivity contribution in [3.05, 3.63) is 72.9 Å². The highest BCUT2D eigenvalue weighted by Crippen LogP contribution is 2.24. The van der Waals surface area contributed by atoms with Crippen LogP contribution in [0.25, 0.3) is 0 Å². The van der Waals surface area contributed by atoms with E-state index in [0.717, 1.165) is 44.9 Å². The fourth-order valence-electron chi connectivity index (χ4n) is 3.87. The summed E-state index contributed by atoms with van der Waals surface area (Å²) >= 11 is 0. The summed E-state index contributed by atoms with van der Waals surface area (Å²) in [7, 11) is 0. The fraction of sp³-hybridized carbons (Fsp3) is 0.594. The first-order valence-corrected chi connectivity index (χ1v) is 14.2. The molecule has 0 amide bonds. The van der Waals surface area contributed by atoms with Crippen LogP contribution in [0.2, 0.25) is 0 Å². The second kappa shape index (κ2) is 22.9. The highest BCUT2D eigenvalue weighted by atomic mass is 16.7. The summed E-state index contributed by atoms with van der Waals surface area (Å²) in [4.78, 5) is 12.1. The maximum Gasteiger partial charge on any atom is 0.186 e. The summed E-state index contributed by atoms with van der Waals surface area (Å²) in [5.74, 6) is 0.167. The van der Waals surface area contributed by atoms with Gasteiger partial charge in [0.05, 0.1) is 12.7 Å². The normalized spacial score (nSPS) is 24.9. The SMILES string of the molecule is CC/C=C\C/C=C\C/C=C\C/C=C\C/C=C\C/C=C\CCC(=O)CCCO[C@@H]1O[C@H](CC)[C@@H](O)[C@H](O)[C@H]1O. The van der Waals surface area contributed by atoms with E-state index in [4.69, 9.17) is 9.47 Å². The van der Waals surface area contributed by atoms with Crippen molar-refractivity contribution >= 4 is 5.78 Å². The van der Waals surface area contributed by atoms with Crippen molar-refractivity contribution < 1.29 is 29.6 Å². The molecular weight excluding hydrogens is 480 g/mol. The second-order valence-corrected chi connectivity index (χ2v) is 9.39. The van der Waals surface area contributed by atoms with E-state index >= 15 is 0 Å². The predicted molar refractivity (Wildman–Crippen MR) is 155 cm³/mol. The van der Waals surface area contributed by atoms with Crippen LogP contribution in [0.3, 0.4) is 0 Å². The zero-order chi connectivity index (χ0) is 27.8. The van der Waals surface area contributed by atoms with Gasteiger partial charge in [0.1, 0.15) is 24.1 Å². The van der Waals surface area contributed by atoms with E-state index in [9.17, 15) is 20.1 Å². The molecule has 1 aliphatic heterocycles. The van der Waals surface area contributed by atoms with Crippen molar-refractivity contribution in [1.29, 1.82) is 0 Å². The first-order valence-electron chi connectivity index (χ1n) is 14.2. The molecule has 0 radical (unpaired) electrons. The Hall–Kier alpha value is -2.09. The minimum absolute atomic E-state index is 0.167. The van der Waals surface area contributed by atoms with Gasteiger partial charge in [0.25, 0.3) is 0 Å². The Bertz CT molecular complexity index is 777. The van der Waals surface area contributed by atoms with Gasteiger partial charge in [0, 0.05) is 12.8 Å². The Balaban J connectivity index is 2.02. The van der Waals surface area contributed by atoms with Gasteiger partial charge in [0.15, 0.2) is 6.29 Å². The number of ether oxygens (including phenoxy) is 2. The van der Waals surface area contributed by atoms with Crippen molar-refractivity contribution in [2.24, 2.45) is 0 Å². The molecule has 0 aromatic rings. The molecule has 6 nitrogen and oxygen atoms in total. The third kappa shape index (κ3) is 16.0. The van der Waals surface area contributed by atoms with Gasteiger partial charge < -0.3 is 24.8 Å². The minimum atomic E-state index is -1.31. The van der Waals surface area contributed by atoms with Crippen LogP contribution < -0.4 is 0 Å².